The Morgan fingerprint density at radius 2 is 1.68 bits per heavy atom. The summed E-state index contributed by atoms with van der Waals surface area (Å²) >= 11 is 18.4. The van der Waals surface area contributed by atoms with E-state index in [1.165, 1.54) is 9.21 Å². The minimum Gasteiger partial charge on any atom is -0.350 e. The number of carbonyl (C=O) groups is 2. The number of hydrogen-bond acceptors (Lipinski definition) is 4. The molecule has 0 heterocycles. The van der Waals surface area contributed by atoms with Crippen LogP contribution in [0.3, 0.4) is 0 Å². The number of benzene rings is 2. The summed E-state index contributed by atoms with van der Waals surface area (Å²) in [5.41, 5.74) is 1.34. The third kappa shape index (κ3) is 9.06. The highest BCUT2D eigenvalue weighted by Gasteiger charge is 2.29. The molecule has 0 aliphatic rings. The van der Waals surface area contributed by atoms with Crippen LogP contribution in [-0.4, -0.2) is 49.5 Å². The van der Waals surface area contributed by atoms with Gasteiger partial charge in [-0.2, -0.15) is 0 Å². The molecule has 204 valence electrons. The Hall–Kier alpha value is -2.00. The van der Waals surface area contributed by atoms with E-state index in [0.717, 1.165) is 6.26 Å². The van der Waals surface area contributed by atoms with E-state index in [1.54, 1.807) is 50.2 Å². The van der Waals surface area contributed by atoms with Crippen LogP contribution in [0, 0.1) is 6.92 Å². The maximum Gasteiger partial charge on any atom is 0.242 e. The molecule has 37 heavy (non-hydrogen) atoms. The average Bonchev–Trinajstić information content (AvgIpc) is 2.77. The van der Waals surface area contributed by atoms with Crippen molar-refractivity contribution >= 4 is 62.3 Å². The molecule has 0 aliphatic carbocycles. The van der Waals surface area contributed by atoms with Crippen molar-refractivity contribution in [1.82, 2.24) is 10.2 Å². The monoisotopic (exact) mass is 589 g/mol. The first kappa shape index (κ1) is 31.2. The second-order valence-corrected chi connectivity index (χ2v) is 13.1. The molecule has 0 aliphatic heterocycles. The van der Waals surface area contributed by atoms with Crippen molar-refractivity contribution in [3.8, 4) is 0 Å². The van der Waals surface area contributed by atoms with E-state index in [4.69, 9.17) is 34.8 Å². The first-order valence-corrected chi connectivity index (χ1v) is 14.8. The maximum absolute atomic E-state index is 13.4. The molecule has 2 amide bonds. The van der Waals surface area contributed by atoms with E-state index in [0.29, 0.717) is 31.9 Å². The predicted octanol–water partition coefficient (Wildman–Crippen LogP) is 5.83. The van der Waals surface area contributed by atoms with Crippen molar-refractivity contribution in [3.63, 3.8) is 0 Å². The highest BCUT2D eigenvalue weighted by Crippen LogP contribution is 2.29. The van der Waals surface area contributed by atoms with E-state index in [-0.39, 0.29) is 37.7 Å². The van der Waals surface area contributed by atoms with Crippen molar-refractivity contribution in [2.24, 2.45) is 0 Å². The molecule has 2 aromatic carbocycles. The van der Waals surface area contributed by atoms with Gasteiger partial charge in [-0.3, -0.25) is 13.9 Å². The topological polar surface area (TPSA) is 86.8 Å². The van der Waals surface area contributed by atoms with E-state index in [9.17, 15) is 18.0 Å². The average molecular weight is 591 g/mol. The van der Waals surface area contributed by atoms with E-state index < -0.39 is 21.6 Å². The quantitative estimate of drug-likeness (QED) is 0.377. The first-order chi connectivity index (χ1) is 17.0. The highest BCUT2D eigenvalue weighted by molar-refractivity contribution is 7.92. The molecule has 1 atom stereocenters. The van der Waals surface area contributed by atoms with Crippen molar-refractivity contribution in [3.05, 3.63) is 62.6 Å². The Morgan fingerprint density at radius 1 is 1.03 bits per heavy atom. The summed E-state index contributed by atoms with van der Waals surface area (Å²) in [7, 11) is -3.62. The number of carbonyl (C=O) groups excluding carboxylic acids is 2. The number of halogens is 3. The smallest absolute Gasteiger partial charge is 0.242 e. The van der Waals surface area contributed by atoms with Crippen LogP contribution in [0.15, 0.2) is 36.4 Å². The fraction of sp³-hybridized carbons (Fsp3) is 0.462. The van der Waals surface area contributed by atoms with Crippen LogP contribution in [0.1, 0.15) is 51.7 Å². The number of hydrogen-bond donors (Lipinski definition) is 1. The number of amides is 2. The van der Waals surface area contributed by atoms with Crippen LogP contribution < -0.4 is 9.62 Å². The molecular formula is C26H34Cl3N3O4S. The van der Waals surface area contributed by atoms with Gasteiger partial charge >= 0.3 is 0 Å². The lowest BCUT2D eigenvalue weighted by molar-refractivity contribution is -0.141. The summed E-state index contributed by atoms with van der Waals surface area (Å²) in [5, 5.41) is 4.09. The fourth-order valence-electron chi connectivity index (χ4n) is 3.74. The van der Waals surface area contributed by atoms with Gasteiger partial charge < -0.3 is 10.2 Å². The van der Waals surface area contributed by atoms with Gasteiger partial charge in [-0.25, -0.2) is 8.42 Å². The second-order valence-electron chi connectivity index (χ2n) is 10.0. The summed E-state index contributed by atoms with van der Waals surface area (Å²) in [5.74, 6) is -0.591. The molecule has 0 unspecified atom stereocenters. The van der Waals surface area contributed by atoms with E-state index in [2.05, 4.69) is 5.32 Å². The molecule has 2 rings (SSSR count). The summed E-state index contributed by atoms with van der Waals surface area (Å²) < 4.78 is 26.3. The lowest BCUT2D eigenvalue weighted by atomic mass is 10.1. The molecule has 0 spiro atoms. The SMILES string of the molecule is Cc1c(Cl)cccc1N(CCCC(=O)N(Cc1ccc(Cl)c(Cl)c1)[C@@H](C)C(=O)NC(C)(C)C)S(C)(=O)=O. The third-order valence-corrected chi connectivity index (χ3v) is 7.99. The van der Waals surface area contributed by atoms with Crippen molar-refractivity contribution in [2.45, 2.75) is 65.6 Å². The van der Waals surface area contributed by atoms with Gasteiger partial charge in [-0.05, 0) is 76.4 Å². The summed E-state index contributed by atoms with van der Waals surface area (Å²) in [6.45, 7) is 9.21. The molecule has 11 heteroatoms. The molecule has 7 nitrogen and oxygen atoms in total. The zero-order chi connectivity index (χ0) is 28.1. The maximum atomic E-state index is 13.4. The fourth-order valence-corrected chi connectivity index (χ4v) is 5.25. The van der Waals surface area contributed by atoms with E-state index in [1.807, 2.05) is 20.8 Å². The molecule has 2 aromatic rings. The van der Waals surface area contributed by atoms with Gasteiger partial charge in [0, 0.05) is 30.1 Å². The molecule has 1 N–H and O–H groups in total. The van der Waals surface area contributed by atoms with Crippen LogP contribution in [0.25, 0.3) is 0 Å². The second kappa shape index (κ2) is 12.7. The lowest BCUT2D eigenvalue weighted by Gasteiger charge is -2.32. The van der Waals surface area contributed by atoms with Gasteiger partial charge in [-0.15, -0.1) is 0 Å². The van der Waals surface area contributed by atoms with Crippen LogP contribution in [-0.2, 0) is 26.2 Å². The Kier molecular flexibility index (Phi) is 10.7. The van der Waals surface area contributed by atoms with Crippen molar-refractivity contribution < 1.29 is 18.0 Å². The van der Waals surface area contributed by atoms with Gasteiger partial charge in [0.05, 0.1) is 22.0 Å². The number of sulfonamides is 1. The predicted molar refractivity (Wildman–Crippen MR) is 152 cm³/mol. The summed E-state index contributed by atoms with van der Waals surface area (Å²) in [6.07, 6.45) is 1.38. The Morgan fingerprint density at radius 3 is 2.24 bits per heavy atom. The van der Waals surface area contributed by atoms with Crippen molar-refractivity contribution in [1.29, 1.82) is 0 Å². The van der Waals surface area contributed by atoms with Crippen LogP contribution in [0.2, 0.25) is 15.1 Å². The number of nitrogens with one attached hydrogen (secondary N) is 1. The van der Waals surface area contributed by atoms with Gasteiger partial charge in [0.2, 0.25) is 21.8 Å². The standard InChI is InChI=1S/C26H34Cl3N3O4S/c1-17-20(27)9-7-10-23(17)32(37(6,35)36)14-8-11-24(33)31(18(2)25(34)30-26(3,4)5)16-19-12-13-21(28)22(29)15-19/h7,9-10,12-13,15,18H,8,11,14,16H2,1-6H3,(H,30,34)/t18-/m0/s1. The van der Waals surface area contributed by atoms with Gasteiger partial charge in [-0.1, -0.05) is 46.9 Å². The Bertz CT molecular complexity index is 1250. The number of rotatable bonds is 10. The normalized spacial score (nSPS) is 12.7. The van der Waals surface area contributed by atoms with Crippen LogP contribution >= 0.6 is 34.8 Å². The zero-order valence-electron chi connectivity index (χ0n) is 21.9. The van der Waals surface area contributed by atoms with Gasteiger partial charge in [0.15, 0.2) is 0 Å². The summed E-state index contributed by atoms with van der Waals surface area (Å²) in [4.78, 5) is 27.8. The molecule has 0 saturated heterocycles. The molecular weight excluding hydrogens is 557 g/mol. The van der Waals surface area contributed by atoms with Gasteiger partial charge in [0.25, 0.3) is 0 Å². The summed E-state index contributed by atoms with van der Waals surface area (Å²) in [6, 6.07) is 9.32. The molecule has 0 aromatic heterocycles. The molecule has 0 saturated carbocycles. The number of anilines is 1. The Labute approximate surface area is 235 Å². The highest BCUT2D eigenvalue weighted by atomic mass is 35.5. The van der Waals surface area contributed by atoms with Crippen LogP contribution in [0.5, 0.6) is 0 Å². The van der Waals surface area contributed by atoms with E-state index >= 15 is 0 Å². The Balaban J connectivity index is 2.25. The zero-order valence-corrected chi connectivity index (χ0v) is 25.0. The third-order valence-electron chi connectivity index (χ3n) is 5.66. The van der Waals surface area contributed by atoms with Crippen LogP contribution in [0.4, 0.5) is 5.69 Å². The number of nitrogens with zero attached hydrogens (tertiary/aromatic N) is 2. The molecule has 0 fully saturated rings. The van der Waals surface area contributed by atoms with Gasteiger partial charge in [0.1, 0.15) is 6.04 Å². The van der Waals surface area contributed by atoms with Crippen molar-refractivity contribution in [2.75, 3.05) is 17.1 Å². The lowest BCUT2D eigenvalue weighted by Crippen LogP contribution is -2.52. The minimum absolute atomic E-state index is 0.0279. The molecule has 0 bridgehead atoms. The molecule has 0 radical (unpaired) electrons. The first-order valence-electron chi connectivity index (χ1n) is 11.8. The largest absolute Gasteiger partial charge is 0.350 e. The minimum atomic E-state index is -3.62.